The van der Waals surface area contributed by atoms with Gasteiger partial charge in [0.2, 0.25) is 0 Å². The minimum absolute atomic E-state index is 0. The van der Waals surface area contributed by atoms with E-state index in [2.05, 4.69) is 39.6 Å². The van der Waals surface area contributed by atoms with Gasteiger partial charge in [-0.1, -0.05) is 13.0 Å². The van der Waals surface area contributed by atoms with Crippen LogP contribution in [0.4, 0.5) is 0 Å². The Morgan fingerprint density at radius 2 is 2.19 bits per heavy atom. The van der Waals surface area contributed by atoms with Gasteiger partial charge in [0.15, 0.2) is 5.96 Å². The van der Waals surface area contributed by atoms with Crippen LogP contribution in [0.1, 0.15) is 49.8 Å². The number of aliphatic imine (C=N–C) groups is 1. The van der Waals surface area contributed by atoms with Crippen LogP contribution in [0, 0.1) is 0 Å². The molecule has 1 N–H and O–H groups in total. The van der Waals surface area contributed by atoms with Crippen molar-refractivity contribution in [1.29, 1.82) is 0 Å². The molecule has 0 radical (unpaired) electrons. The van der Waals surface area contributed by atoms with Crippen LogP contribution >= 0.6 is 35.3 Å². The summed E-state index contributed by atoms with van der Waals surface area (Å²) in [5.41, 5.74) is 0. The van der Waals surface area contributed by atoms with E-state index in [0.717, 1.165) is 58.1 Å². The molecule has 154 valence electrons. The van der Waals surface area contributed by atoms with Crippen molar-refractivity contribution in [1.82, 2.24) is 10.2 Å². The highest BCUT2D eigenvalue weighted by Crippen LogP contribution is 2.20. The molecule has 3 heterocycles. The molecule has 1 aromatic rings. The van der Waals surface area contributed by atoms with Gasteiger partial charge in [0.1, 0.15) is 0 Å². The maximum Gasteiger partial charge on any atom is 0.193 e. The zero-order valence-corrected chi connectivity index (χ0v) is 19.7. The summed E-state index contributed by atoms with van der Waals surface area (Å²) in [6, 6.07) is 4.33. The maximum atomic E-state index is 6.12. The molecule has 2 aliphatic heterocycles. The second-order valence-electron chi connectivity index (χ2n) is 7.35. The summed E-state index contributed by atoms with van der Waals surface area (Å²) in [4.78, 5) is 8.26. The van der Waals surface area contributed by atoms with Gasteiger partial charge < -0.3 is 19.7 Å². The summed E-state index contributed by atoms with van der Waals surface area (Å²) >= 11 is 1.82. The van der Waals surface area contributed by atoms with Crippen molar-refractivity contribution in [3.8, 4) is 0 Å². The first-order valence-electron chi connectivity index (χ1n) is 9.98. The maximum absolute atomic E-state index is 6.12. The van der Waals surface area contributed by atoms with Gasteiger partial charge in [-0.25, -0.2) is 0 Å². The molecule has 2 aliphatic rings. The molecule has 2 saturated heterocycles. The van der Waals surface area contributed by atoms with Crippen LogP contribution in [0.5, 0.6) is 0 Å². The highest BCUT2D eigenvalue weighted by molar-refractivity contribution is 14.0. The number of piperidine rings is 1. The fourth-order valence-electron chi connectivity index (χ4n) is 3.67. The second kappa shape index (κ2) is 12.2. The quantitative estimate of drug-likeness (QED) is 0.358. The van der Waals surface area contributed by atoms with E-state index in [-0.39, 0.29) is 24.0 Å². The van der Waals surface area contributed by atoms with Gasteiger partial charge in [-0.05, 0) is 43.6 Å². The molecule has 0 bridgehead atoms. The van der Waals surface area contributed by atoms with E-state index in [9.17, 15) is 0 Å². The molecule has 5 nitrogen and oxygen atoms in total. The summed E-state index contributed by atoms with van der Waals surface area (Å²) in [5.74, 6) is 1.52. The van der Waals surface area contributed by atoms with Crippen molar-refractivity contribution in [2.45, 2.75) is 57.2 Å². The Hall–Kier alpha value is -0.380. The Balaban J connectivity index is 0.00000261. The van der Waals surface area contributed by atoms with Crippen molar-refractivity contribution in [3.05, 3.63) is 22.4 Å². The summed E-state index contributed by atoms with van der Waals surface area (Å²) in [6.45, 7) is 6.85. The Bertz CT molecular complexity index is 541. The number of nitrogens with one attached hydrogen (secondary N) is 1. The standard InChI is InChI=1S/C20H33N3O2S.HI/c1-16(19-7-5-13-26-19)14-22-20(21-2)23-10-8-17(9-11-23)25-15-18-6-3-4-12-24-18;/h5,7,13,16-18H,3-4,6,8-12,14-15H2,1-2H3,(H,21,22);1H. The Kier molecular flexibility index (Phi) is 10.4. The summed E-state index contributed by atoms with van der Waals surface area (Å²) in [5, 5.41) is 5.69. The lowest BCUT2D eigenvalue weighted by atomic mass is 10.1. The molecule has 0 aliphatic carbocycles. The van der Waals surface area contributed by atoms with E-state index < -0.39 is 0 Å². The van der Waals surface area contributed by atoms with Crippen LogP contribution in [0.3, 0.4) is 0 Å². The van der Waals surface area contributed by atoms with Crippen molar-refractivity contribution < 1.29 is 9.47 Å². The lowest BCUT2D eigenvalue weighted by Gasteiger charge is -2.35. The number of thiophene rings is 1. The van der Waals surface area contributed by atoms with Gasteiger partial charge in [-0.3, -0.25) is 4.99 Å². The number of ether oxygens (including phenoxy) is 2. The Morgan fingerprint density at radius 3 is 2.81 bits per heavy atom. The van der Waals surface area contributed by atoms with Crippen LogP contribution in [-0.2, 0) is 9.47 Å². The second-order valence-corrected chi connectivity index (χ2v) is 8.33. The van der Waals surface area contributed by atoms with Gasteiger partial charge in [-0.2, -0.15) is 0 Å². The minimum Gasteiger partial charge on any atom is -0.376 e. The monoisotopic (exact) mass is 507 g/mol. The molecule has 3 rings (SSSR count). The fourth-order valence-corrected chi connectivity index (χ4v) is 4.45. The number of guanidine groups is 1. The van der Waals surface area contributed by atoms with E-state index in [0.29, 0.717) is 18.1 Å². The van der Waals surface area contributed by atoms with Gasteiger partial charge >= 0.3 is 0 Å². The van der Waals surface area contributed by atoms with E-state index >= 15 is 0 Å². The molecule has 7 heteroatoms. The molecule has 0 spiro atoms. The average molecular weight is 507 g/mol. The molecule has 0 aromatic carbocycles. The Labute approximate surface area is 184 Å². The molecule has 27 heavy (non-hydrogen) atoms. The van der Waals surface area contributed by atoms with Gasteiger partial charge in [-0.15, -0.1) is 35.3 Å². The molecule has 2 atom stereocenters. The van der Waals surface area contributed by atoms with Crippen molar-refractivity contribution in [2.24, 2.45) is 4.99 Å². The van der Waals surface area contributed by atoms with E-state index in [1.165, 1.54) is 17.7 Å². The van der Waals surface area contributed by atoms with Crippen LogP contribution < -0.4 is 5.32 Å². The first kappa shape index (κ1) is 22.9. The minimum atomic E-state index is 0. The smallest absolute Gasteiger partial charge is 0.193 e. The van der Waals surface area contributed by atoms with E-state index in [4.69, 9.17) is 9.47 Å². The molecular formula is C20H34IN3O2S. The number of halogens is 1. The van der Waals surface area contributed by atoms with Crippen molar-refractivity contribution in [2.75, 3.05) is 39.9 Å². The lowest BCUT2D eigenvalue weighted by molar-refractivity contribution is -0.0721. The molecule has 2 unspecified atom stereocenters. The highest BCUT2D eigenvalue weighted by Gasteiger charge is 2.24. The van der Waals surface area contributed by atoms with Crippen molar-refractivity contribution in [3.63, 3.8) is 0 Å². The third kappa shape index (κ3) is 7.18. The van der Waals surface area contributed by atoms with Crippen LogP contribution in [0.15, 0.2) is 22.5 Å². The number of hydrogen-bond donors (Lipinski definition) is 1. The third-order valence-electron chi connectivity index (χ3n) is 5.34. The zero-order chi connectivity index (χ0) is 18.2. The zero-order valence-electron chi connectivity index (χ0n) is 16.6. The number of likely N-dealkylation sites (tertiary alicyclic amines) is 1. The fraction of sp³-hybridized carbons (Fsp3) is 0.750. The summed E-state index contributed by atoms with van der Waals surface area (Å²) < 4.78 is 11.9. The average Bonchev–Trinajstić information content (AvgIpc) is 3.23. The summed E-state index contributed by atoms with van der Waals surface area (Å²) in [6.07, 6.45) is 6.43. The van der Waals surface area contributed by atoms with Crippen LogP contribution in [0.25, 0.3) is 0 Å². The highest BCUT2D eigenvalue weighted by atomic mass is 127. The van der Waals surface area contributed by atoms with Crippen LogP contribution in [0.2, 0.25) is 0 Å². The predicted octanol–water partition coefficient (Wildman–Crippen LogP) is 4.10. The lowest BCUT2D eigenvalue weighted by Crippen LogP contribution is -2.48. The predicted molar refractivity (Wildman–Crippen MR) is 124 cm³/mol. The largest absolute Gasteiger partial charge is 0.376 e. The SMILES string of the molecule is CN=C(NCC(C)c1cccs1)N1CCC(OCC2CCCCO2)CC1.I. The molecule has 2 fully saturated rings. The number of nitrogens with zero attached hydrogens (tertiary/aromatic N) is 2. The van der Waals surface area contributed by atoms with Gasteiger partial charge in [0.05, 0.1) is 18.8 Å². The Morgan fingerprint density at radius 1 is 1.37 bits per heavy atom. The van der Waals surface area contributed by atoms with Crippen LogP contribution in [-0.4, -0.2) is 63.0 Å². The first-order valence-corrected chi connectivity index (χ1v) is 10.9. The van der Waals surface area contributed by atoms with E-state index in [1.807, 2.05) is 18.4 Å². The molecular weight excluding hydrogens is 473 g/mol. The summed E-state index contributed by atoms with van der Waals surface area (Å²) in [7, 11) is 1.88. The van der Waals surface area contributed by atoms with Gasteiger partial charge in [0.25, 0.3) is 0 Å². The third-order valence-corrected chi connectivity index (χ3v) is 6.44. The normalized spacial score (nSPS) is 23.0. The topological polar surface area (TPSA) is 46.1 Å². The van der Waals surface area contributed by atoms with Gasteiger partial charge in [0, 0.05) is 44.1 Å². The molecule has 0 amide bonds. The van der Waals surface area contributed by atoms with E-state index in [1.54, 1.807) is 0 Å². The first-order chi connectivity index (χ1) is 12.8. The molecule has 1 aromatic heterocycles. The molecule has 0 saturated carbocycles. The number of rotatable bonds is 6. The number of hydrogen-bond acceptors (Lipinski definition) is 4. The van der Waals surface area contributed by atoms with Crippen molar-refractivity contribution >= 4 is 41.3 Å².